The molecular formula is C16H20F3N3O2. The van der Waals surface area contributed by atoms with Gasteiger partial charge in [0.2, 0.25) is 5.91 Å². The van der Waals surface area contributed by atoms with E-state index < -0.39 is 23.2 Å². The fourth-order valence-electron chi connectivity index (χ4n) is 2.44. The second-order valence-corrected chi connectivity index (χ2v) is 6.39. The number of amides is 3. The Morgan fingerprint density at radius 2 is 1.96 bits per heavy atom. The third kappa shape index (κ3) is 4.39. The number of alkyl halides is 3. The molecule has 3 amide bonds. The molecule has 1 aromatic rings. The molecule has 0 aliphatic carbocycles. The molecule has 1 saturated heterocycles. The van der Waals surface area contributed by atoms with Gasteiger partial charge in [-0.25, -0.2) is 4.79 Å². The van der Waals surface area contributed by atoms with E-state index in [4.69, 9.17) is 0 Å². The van der Waals surface area contributed by atoms with Gasteiger partial charge in [0.1, 0.15) is 6.54 Å². The van der Waals surface area contributed by atoms with E-state index in [9.17, 15) is 22.8 Å². The van der Waals surface area contributed by atoms with E-state index >= 15 is 0 Å². The lowest BCUT2D eigenvalue weighted by atomic mass is 9.84. The Morgan fingerprint density at radius 3 is 2.58 bits per heavy atom. The molecule has 2 N–H and O–H groups in total. The summed E-state index contributed by atoms with van der Waals surface area (Å²) in [6, 6.07) is 4.68. The van der Waals surface area contributed by atoms with Crippen molar-refractivity contribution in [1.82, 2.24) is 15.5 Å². The Bertz CT molecular complexity index is 629. The van der Waals surface area contributed by atoms with E-state index in [-0.39, 0.29) is 19.0 Å². The van der Waals surface area contributed by atoms with Gasteiger partial charge in [-0.15, -0.1) is 0 Å². The lowest BCUT2D eigenvalue weighted by molar-refractivity contribution is -0.137. The molecule has 8 heteroatoms. The zero-order valence-electron chi connectivity index (χ0n) is 13.5. The number of rotatable bonds is 3. The molecule has 1 heterocycles. The minimum Gasteiger partial charge on any atom is -0.353 e. The summed E-state index contributed by atoms with van der Waals surface area (Å²) < 4.78 is 38.5. The van der Waals surface area contributed by atoms with Gasteiger partial charge in [0, 0.05) is 25.0 Å². The molecule has 1 fully saturated rings. The molecule has 2 rings (SSSR count). The minimum absolute atomic E-state index is 0.0180. The van der Waals surface area contributed by atoms with E-state index in [0.29, 0.717) is 18.7 Å². The van der Waals surface area contributed by atoms with Crippen LogP contribution in [0.4, 0.5) is 18.0 Å². The van der Waals surface area contributed by atoms with Crippen molar-refractivity contribution < 1.29 is 22.8 Å². The van der Waals surface area contributed by atoms with E-state index in [0.717, 1.165) is 12.1 Å². The number of nitrogens with one attached hydrogen (secondary N) is 2. The smallest absolute Gasteiger partial charge is 0.353 e. The minimum atomic E-state index is -4.41. The van der Waals surface area contributed by atoms with Crippen molar-refractivity contribution in [2.45, 2.75) is 25.4 Å². The molecule has 1 aromatic carbocycles. The van der Waals surface area contributed by atoms with Crippen molar-refractivity contribution in [2.24, 2.45) is 0 Å². The highest BCUT2D eigenvalue weighted by Crippen LogP contribution is 2.32. The Labute approximate surface area is 138 Å². The van der Waals surface area contributed by atoms with Gasteiger partial charge >= 0.3 is 12.2 Å². The first-order valence-corrected chi connectivity index (χ1v) is 7.57. The quantitative estimate of drug-likeness (QED) is 0.883. The van der Waals surface area contributed by atoms with Crippen LogP contribution < -0.4 is 10.6 Å². The fraction of sp³-hybridized carbons (Fsp3) is 0.500. The largest absolute Gasteiger partial charge is 0.416 e. The normalized spacial score (nSPS) is 15.9. The molecule has 0 unspecified atom stereocenters. The molecule has 0 atom stereocenters. The van der Waals surface area contributed by atoms with Gasteiger partial charge in [0.05, 0.1) is 5.56 Å². The summed E-state index contributed by atoms with van der Waals surface area (Å²) in [6.07, 6.45) is -4.41. The van der Waals surface area contributed by atoms with Gasteiger partial charge in [-0.3, -0.25) is 4.79 Å². The van der Waals surface area contributed by atoms with Crippen molar-refractivity contribution in [2.75, 3.05) is 26.2 Å². The highest BCUT2D eigenvalue weighted by molar-refractivity contribution is 5.85. The van der Waals surface area contributed by atoms with Crippen LogP contribution in [0.25, 0.3) is 0 Å². The number of hydrogen-bond acceptors (Lipinski definition) is 2. The molecule has 0 bridgehead atoms. The summed E-state index contributed by atoms with van der Waals surface area (Å²) in [5.41, 5.74) is -0.921. The predicted octanol–water partition coefficient (Wildman–Crippen LogP) is 2.12. The van der Waals surface area contributed by atoms with Crippen LogP contribution in [0.1, 0.15) is 25.0 Å². The van der Waals surface area contributed by atoms with Crippen molar-refractivity contribution in [3.8, 4) is 0 Å². The standard InChI is InChI=1S/C16H20F3N3O2/c1-15(2,11-4-3-5-12(8-11)16(17,18)19)10-21-14(24)22-7-6-20-13(23)9-22/h3-5,8H,6-7,9-10H2,1-2H3,(H,20,23)(H,21,24). The molecule has 0 saturated carbocycles. The van der Waals surface area contributed by atoms with E-state index in [1.165, 1.54) is 11.0 Å². The Kier molecular flexibility index (Phi) is 5.05. The summed E-state index contributed by atoms with van der Waals surface area (Å²) in [7, 11) is 0. The van der Waals surface area contributed by atoms with Gasteiger partial charge in [0.15, 0.2) is 0 Å². The Balaban J connectivity index is 2.03. The number of hydrogen-bond donors (Lipinski definition) is 2. The lowest BCUT2D eigenvalue weighted by Crippen LogP contribution is -2.54. The lowest BCUT2D eigenvalue weighted by Gasteiger charge is -2.30. The molecule has 0 aromatic heterocycles. The zero-order valence-corrected chi connectivity index (χ0v) is 13.5. The first-order chi connectivity index (χ1) is 11.1. The predicted molar refractivity (Wildman–Crippen MR) is 82.5 cm³/mol. The number of benzene rings is 1. The molecule has 132 valence electrons. The van der Waals surface area contributed by atoms with Crippen LogP contribution in [-0.2, 0) is 16.4 Å². The van der Waals surface area contributed by atoms with Crippen molar-refractivity contribution in [3.05, 3.63) is 35.4 Å². The summed E-state index contributed by atoms with van der Waals surface area (Å²) >= 11 is 0. The SMILES string of the molecule is CC(C)(CNC(=O)N1CCNC(=O)C1)c1cccc(C(F)(F)F)c1. The second-order valence-electron chi connectivity index (χ2n) is 6.39. The summed E-state index contributed by atoms with van der Waals surface area (Å²) in [5.74, 6) is -0.228. The highest BCUT2D eigenvalue weighted by atomic mass is 19.4. The third-order valence-electron chi connectivity index (χ3n) is 3.98. The molecule has 0 spiro atoms. The van der Waals surface area contributed by atoms with Gasteiger partial charge in [-0.2, -0.15) is 13.2 Å². The maximum atomic E-state index is 12.8. The van der Waals surface area contributed by atoms with E-state index in [1.807, 2.05) is 0 Å². The molecule has 0 radical (unpaired) electrons. The molecule has 1 aliphatic heterocycles. The average Bonchev–Trinajstić information content (AvgIpc) is 2.52. The third-order valence-corrected chi connectivity index (χ3v) is 3.98. The first-order valence-electron chi connectivity index (χ1n) is 7.57. The molecule has 5 nitrogen and oxygen atoms in total. The number of carbonyl (C=O) groups excluding carboxylic acids is 2. The van der Waals surface area contributed by atoms with Gasteiger partial charge in [0.25, 0.3) is 0 Å². The zero-order chi connectivity index (χ0) is 18.0. The monoisotopic (exact) mass is 343 g/mol. The highest BCUT2D eigenvalue weighted by Gasteiger charge is 2.32. The van der Waals surface area contributed by atoms with E-state index in [2.05, 4.69) is 10.6 Å². The molecular weight excluding hydrogens is 323 g/mol. The van der Waals surface area contributed by atoms with Crippen molar-refractivity contribution in [3.63, 3.8) is 0 Å². The van der Waals surface area contributed by atoms with Crippen LogP contribution in [0.5, 0.6) is 0 Å². The number of urea groups is 1. The van der Waals surface area contributed by atoms with E-state index in [1.54, 1.807) is 19.9 Å². The van der Waals surface area contributed by atoms with Crippen LogP contribution in [0.15, 0.2) is 24.3 Å². The number of nitrogens with zero attached hydrogens (tertiary/aromatic N) is 1. The second kappa shape index (κ2) is 6.70. The van der Waals surface area contributed by atoms with Gasteiger partial charge in [-0.05, 0) is 11.6 Å². The number of halogens is 3. The van der Waals surface area contributed by atoms with Crippen LogP contribution in [0.2, 0.25) is 0 Å². The van der Waals surface area contributed by atoms with Crippen LogP contribution >= 0.6 is 0 Å². The first kappa shape index (κ1) is 18.1. The Morgan fingerprint density at radius 1 is 1.29 bits per heavy atom. The number of carbonyl (C=O) groups is 2. The Hall–Kier alpha value is -2.25. The van der Waals surface area contributed by atoms with Crippen molar-refractivity contribution in [1.29, 1.82) is 0 Å². The summed E-state index contributed by atoms with van der Waals surface area (Å²) in [4.78, 5) is 24.8. The summed E-state index contributed by atoms with van der Waals surface area (Å²) in [6.45, 7) is 4.45. The molecule has 1 aliphatic rings. The topological polar surface area (TPSA) is 61.4 Å². The number of piperazine rings is 1. The van der Waals surface area contributed by atoms with Crippen LogP contribution in [-0.4, -0.2) is 43.0 Å². The molecule has 24 heavy (non-hydrogen) atoms. The van der Waals surface area contributed by atoms with Gasteiger partial charge in [-0.1, -0.05) is 32.0 Å². The maximum Gasteiger partial charge on any atom is 0.416 e. The average molecular weight is 343 g/mol. The van der Waals surface area contributed by atoms with Gasteiger partial charge < -0.3 is 15.5 Å². The van der Waals surface area contributed by atoms with Crippen molar-refractivity contribution >= 4 is 11.9 Å². The summed E-state index contributed by atoms with van der Waals surface area (Å²) in [5, 5.41) is 5.31. The van der Waals surface area contributed by atoms with Crippen LogP contribution in [0.3, 0.4) is 0 Å². The maximum absolute atomic E-state index is 12.8. The van der Waals surface area contributed by atoms with Crippen LogP contribution in [0, 0.1) is 0 Å². The fourth-order valence-corrected chi connectivity index (χ4v) is 2.44.